The van der Waals surface area contributed by atoms with Gasteiger partial charge in [0.05, 0.1) is 5.69 Å². The highest BCUT2D eigenvalue weighted by Gasteiger charge is 2.16. The first-order valence-electron chi connectivity index (χ1n) is 4.47. The molecule has 1 unspecified atom stereocenters. The Labute approximate surface area is 87.2 Å². The molecule has 2 rings (SSSR count). The number of para-hydroxylation sites is 1. The largest absolute Gasteiger partial charge is 0.373 e. The molecule has 0 radical (unpaired) electrons. The lowest BCUT2D eigenvalue weighted by atomic mass is 10.2. The fourth-order valence-electron chi connectivity index (χ4n) is 1.25. The van der Waals surface area contributed by atoms with Crippen LogP contribution in [-0.4, -0.2) is 22.3 Å². The molecule has 0 amide bonds. The minimum atomic E-state index is -0.456. The molecule has 4 heteroatoms. The summed E-state index contributed by atoms with van der Waals surface area (Å²) in [5.41, 5.74) is 2.10. The second-order valence-electron chi connectivity index (χ2n) is 3.17. The summed E-state index contributed by atoms with van der Waals surface area (Å²) < 4.78 is 0. The van der Waals surface area contributed by atoms with E-state index < -0.39 is 6.23 Å². The normalized spacial score (nSPS) is 23.9. The molecule has 1 heterocycles. The molecule has 3 nitrogen and oxygen atoms in total. The second-order valence-corrected chi connectivity index (χ2v) is 4.18. The van der Waals surface area contributed by atoms with Crippen LogP contribution in [0.25, 0.3) is 0 Å². The topological polar surface area (TPSA) is 44.6 Å². The maximum absolute atomic E-state index is 9.23. The fraction of sp³-hybridized carbons (Fsp3) is 0.300. The number of aliphatic imine (C=N–C) groups is 1. The van der Waals surface area contributed by atoms with Crippen molar-refractivity contribution >= 4 is 22.6 Å². The van der Waals surface area contributed by atoms with Crippen molar-refractivity contribution in [2.75, 3.05) is 5.75 Å². The Balaban J connectivity index is 2.21. The number of amidine groups is 1. The number of nitrogens with one attached hydrogen (secondary N) is 1. The van der Waals surface area contributed by atoms with Crippen LogP contribution in [0.5, 0.6) is 0 Å². The molecule has 1 atom stereocenters. The highest BCUT2D eigenvalue weighted by Crippen LogP contribution is 2.21. The predicted octanol–water partition coefficient (Wildman–Crippen LogP) is 1.64. The maximum atomic E-state index is 9.23. The number of rotatable bonds is 1. The van der Waals surface area contributed by atoms with Gasteiger partial charge in [-0.05, 0) is 18.6 Å². The van der Waals surface area contributed by atoms with Crippen LogP contribution in [0, 0.1) is 6.92 Å². The van der Waals surface area contributed by atoms with Crippen LogP contribution < -0.4 is 5.32 Å². The first-order chi connectivity index (χ1) is 6.75. The maximum Gasteiger partial charge on any atom is 0.163 e. The van der Waals surface area contributed by atoms with Crippen molar-refractivity contribution in [2.45, 2.75) is 13.2 Å². The first-order valence-corrected chi connectivity index (χ1v) is 5.46. The standard InChI is InChI=1S/C10H12N2OS/c1-7-4-2-3-5-8(7)11-10-12-9(13)6-14-10/h2-5,9,13H,6H2,1H3,(H,11,12). The van der Waals surface area contributed by atoms with Gasteiger partial charge in [-0.3, -0.25) is 0 Å². The molecular weight excluding hydrogens is 196 g/mol. The Morgan fingerprint density at radius 2 is 2.29 bits per heavy atom. The highest BCUT2D eigenvalue weighted by molar-refractivity contribution is 8.14. The van der Waals surface area contributed by atoms with Crippen LogP contribution in [0.15, 0.2) is 29.3 Å². The molecular formula is C10H12N2OS. The van der Waals surface area contributed by atoms with E-state index in [0.29, 0.717) is 5.75 Å². The number of hydrogen-bond donors (Lipinski definition) is 2. The minimum absolute atomic E-state index is 0.456. The van der Waals surface area contributed by atoms with E-state index in [4.69, 9.17) is 0 Å². The smallest absolute Gasteiger partial charge is 0.163 e. The molecule has 0 aliphatic carbocycles. The van der Waals surface area contributed by atoms with Crippen molar-refractivity contribution in [1.29, 1.82) is 0 Å². The molecule has 1 aliphatic heterocycles. The highest BCUT2D eigenvalue weighted by atomic mass is 32.2. The summed E-state index contributed by atoms with van der Waals surface area (Å²) in [6.45, 7) is 2.02. The monoisotopic (exact) mass is 208 g/mol. The SMILES string of the molecule is Cc1ccccc1/N=C1/NC(O)CS1. The van der Waals surface area contributed by atoms with Crippen molar-refractivity contribution in [3.8, 4) is 0 Å². The summed E-state index contributed by atoms with van der Waals surface area (Å²) >= 11 is 1.54. The van der Waals surface area contributed by atoms with Crippen molar-refractivity contribution in [3.63, 3.8) is 0 Å². The molecule has 0 bridgehead atoms. The summed E-state index contributed by atoms with van der Waals surface area (Å²) in [6.07, 6.45) is -0.456. The summed E-state index contributed by atoms with van der Waals surface area (Å²) in [5, 5.41) is 12.9. The summed E-state index contributed by atoms with van der Waals surface area (Å²) in [5.74, 6) is 0.671. The van der Waals surface area contributed by atoms with E-state index in [9.17, 15) is 5.11 Å². The third-order valence-corrected chi connectivity index (χ3v) is 2.97. The Kier molecular flexibility index (Phi) is 2.74. The summed E-state index contributed by atoms with van der Waals surface area (Å²) in [7, 11) is 0. The van der Waals surface area contributed by atoms with Gasteiger partial charge in [0.15, 0.2) is 5.17 Å². The van der Waals surface area contributed by atoms with Crippen LogP contribution in [0.1, 0.15) is 5.56 Å². The molecule has 14 heavy (non-hydrogen) atoms. The molecule has 1 fully saturated rings. The van der Waals surface area contributed by atoms with E-state index in [1.54, 1.807) is 11.8 Å². The fourth-order valence-corrected chi connectivity index (χ4v) is 2.03. The van der Waals surface area contributed by atoms with Crippen molar-refractivity contribution in [1.82, 2.24) is 5.32 Å². The number of nitrogens with zero attached hydrogens (tertiary/aromatic N) is 1. The van der Waals surface area contributed by atoms with Crippen LogP contribution in [0.4, 0.5) is 5.69 Å². The van der Waals surface area contributed by atoms with Gasteiger partial charge in [-0.15, -0.1) is 0 Å². The Hall–Kier alpha value is -1.000. The molecule has 2 N–H and O–H groups in total. The lowest BCUT2D eigenvalue weighted by Gasteiger charge is -2.02. The van der Waals surface area contributed by atoms with Gasteiger partial charge in [-0.25, -0.2) is 4.99 Å². The molecule has 0 aromatic heterocycles. The quantitative estimate of drug-likeness (QED) is 0.737. The number of aryl methyl sites for hydroxylation is 1. The van der Waals surface area contributed by atoms with Crippen molar-refractivity contribution < 1.29 is 5.11 Å². The molecule has 1 aliphatic rings. The van der Waals surface area contributed by atoms with E-state index >= 15 is 0 Å². The van der Waals surface area contributed by atoms with Crippen LogP contribution in [-0.2, 0) is 0 Å². The lowest BCUT2D eigenvalue weighted by molar-refractivity contribution is 0.190. The Morgan fingerprint density at radius 3 is 2.93 bits per heavy atom. The van der Waals surface area contributed by atoms with Crippen molar-refractivity contribution in [2.24, 2.45) is 4.99 Å². The van der Waals surface area contributed by atoms with E-state index in [-0.39, 0.29) is 0 Å². The second kappa shape index (κ2) is 4.02. The number of aliphatic hydroxyl groups excluding tert-OH is 1. The van der Waals surface area contributed by atoms with Gasteiger partial charge in [0.25, 0.3) is 0 Å². The van der Waals surface area contributed by atoms with E-state index in [1.165, 1.54) is 0 Å². The number of hydrogen-bond acceptors (Lipinski definition) is 3. The van der Waals surface area contributed by atoms with Crippen LogP contribution in [0.2, 0.25) is 0 Å². The van der Waals surface area contributed by atoms with Gasteiger partial charge in [-0.2, -0.15) is 0 Å². The number of aliphatic hydroxyl groups is 1. The summed E-state index contributed by atoms with van der Waals surface area (Å²) in [4.78, 5) is 4.42. The molecule has 74 valence electrons. The number of benzene rings is 1. The average molecular weight is 208 g/mol. The predicted molar refractivity (Wildman–Crippen MR) is 59.9 cm³/mol. The van der Waals surface area contributed by atoms with E-state index in [1.807, 2.05) is 31.2 Å². The van der Waals surface area contributed by atoms with Crippen LogP contribution >= 0.6 is 11.8 Å². The number of thioether (sulfide) groups is 1. The van der Waals surface area contributed by atoms with Gasteiger partial charge < -0.3 is 10.4 Å². The van der Waals surface area contributed by atoms with Crippen molar-refractivity contribution in [3.05, 3.63) is 29.8 Å². The van der Waals surface area contributed by atoms with Gasteiger partial charge in [-0.1, -0.05) is 30.0 Å². The van der Waals surface area contributed by atoms with Gasteiger partial charge in [0, 0.05) is 5.75 Å². The lowest BCUT2D eigenvalue weighted by Crippen LogP contribution is -2.25. The third-order valence-electron chi connectivity index (χ3n) is 2.01. The molecule has 0 spiro atoms. The molecule has 0 saturated carbocycles. The van der Waals surface area contributed by atoms with Crippen LogP contribution in [0.3, 0.4) is 0 Å². The Morgan fingerprint density at radius 1 is 1.50 bits per heavy atom. The van der Waals surface area contributed by atoms with Gasteiger partial charge in [0.1, 0.15) is 6.23 Å². The van der Waals surface area contributed by atoms with Gasteiger partial charge in [0.2, 0.25) is 0 Å². The zero-order valence-corrected chi connectivity index (χ0v) is 8.71. The average Bonchev–Trinajstić information content (AvgIpc) is 2.56. The zero-order valence-electron chi connectivity index (χ0n) is 7.90. The molecule has 1 aromatic carbocycles. The third kappa shape index (κ3) is 2.08. The van der Waals surface area contributed by atoms with E-state index in [0.717, 1.165) is 16.4 Å². The molecule has 1 aromatic rings. The Bertz CT molecular complexity index is 365. The first kappa shape index (κ1) is 9.55. The summed E-state index contributed by atoms with van der Waals surface area (Å²) in [6, 6.07) is 7.94. The van der Waals surface area contributed by atoms with E-state index in [2.05, 4.69) is 10.3 Å². The minimum Gasteiger partial charge on any atom is -0.373 e. The molecule has 1 saturated heterocycles. The van der Waals surface area contributed by atoms with Gasteiger partial charge >= 0.3 is 0 Å². The zero-order chi connectivity index (χ0) is 9.97.